The molecule has 0 aliphatic carbocycles. The van der Waals surface area contributed by atoms with Crippen LogP contribution in [0.25, 0.3) is 0 Å². The number of carbonyl (C=O) groups excluding carboxylic acids is 1. The monoisotopic (exact) mass is 237 g/mol. The molecule has 0 saturated carbocycles. The van der Waals surface area contributed by atoms with Gasteiger partial charge in [0.2, 0.25) is 5.91 Å². The van der Waals surface area contributed by atoms with Crippen molar-refractivity contribution in [3.8, 4) is 0 Å². The lowest BCUT2D eigenvalue weighted by Gasteiger charge is -2.28. The summed E-state index contributed by atoms with van der Waals surface area (Å²) in [5.74, 6) is -2.06. The lowest BCUT2D eigenvalue weighted by atomic mass is 9.97. The number of halogens is 1. The molecule has 1 aliphatic heterocycles. The Morgan fingerprint density at radius 2 is 2.06 bits per heavy atom. The Morgan fingerprint density at radius 1 is 1.35 bits per heavy atom. The standard InChI is InChI=1S/C12H12FNO3/c1-7(15)14-3-2-8-5-11(13)10(12(16)17)4-9(8)6-14/h4-5H,2-3,6H2,1H3,(H,16,17). The minimum atomic E-state index is -1.29. The molecule has 1 aromatic rings. The molecule has 0 radical (unpaired) electrons. The third kappa shape index (κ3) is 2.13. The normalized spacial score (nSPS) is 14.4. The number of hydrogen-bond acceptors (Lipinski definition) is 2. The molecule has 1 heterocycles. The van der Waals surface area contributed by atoms with Crippen molar-refractivity contribution in [3.05, 3.63) is 34.6 Å². The second kappa shape index (κ2) is 4.16. The highest BCUT2D eigenvalue weighted by Crippen LogP contribution is 2.22. The molecule has 1 aliphatic rings. The zero-order chi connectivity index (χ0) is 12.6. The molecule has 0 saturated heterocycles. The number of aromatic carboxylic acids is 1. The highest BCUT2D eigenvalue weighted by atomic mass is 19.1. The van der Waals surface area contributed by atoms with E-state index in [1.165, 1.54) is 19.1 Å². The van der Waals surface area contributed by atoms with Crippen molar-refractivity contribution >= 4 is 11.9 Å². The van der Waals surface area contributed by atoms with Gasteiger partial charge in [-0.2, -0.15) is 0 Å². The van der Waals surface area contributed by atoms with E-state index in [9.17, 15) is 14.0 Å². The van der Waals surface area contributed by atoms with Gasteiger partial charge in [-0.3, -0.25) is 4.79 Å². The molecule has 4 nitrogen and oxygen atoms in total. The first kappa shape index (κ1) is 11.6. The van der Waals surface area contributed by atoms with Gasteiger partial charge in [0.25, 0.3) is 0 Å². The Balaban J connectivity index is 2.40. The van der Waals surface area contributed by atoms with Crippen LogP contribution < -0.4 is 0 Å². The Kier molecular flexibility index (Phi) is 2.83. The van der Waals surface area contributed by atoms with E-state index in [0.29, 0.717) is 25.1 Å². The van der Waals surface area contributed by atoms with Gasteiger partial charge in [-0.05, 0) is 29.7 Å². The molecular weight excluding hydrogens is 225 g/mol. The lowest BCUT2D eigenvalue weighted by molar-refractivity contribution is -0.129. The van der Waals surface area contributed by atoms with Crippen LogP contribution in [0.1, 0.15) is 28.4 Å². The number of fused-ring (bicyclic) bond motifs is 1. The first-order valence-corrected chi connectivity index (χ1v) is 5.29. The number of nitrogens with zero attached hydrogens (tertiary/aromatic N) is 1. The van der Waals surface area contributed by atoms with Crippen molar-refractivity contribution in [2.75, 3.05) is 6.54 Å². The fraction of sp³-hybridized carbons (Fsp3) is 0.333. The van der Waals surface area contributed by atoms with Gasteiger partial charge in [0, 0.05) is 20.0 Å². The molecule has 0 bridgehead atoms. The number of carboxylic acid groups (broad SMARTS) is 1. The van der Waals surface area contributed by atoms with Gasteiger partial charge in [0.05, 0.1) is 5.56 Å². The fourth-order valence-electron chi connectivity index (χ4n) is 2.01. The first-order chi connectivity index (χ1) is 7.99. The maximum absolute atomic E-state index is 13.4. The van der Waals surface area contributed by atoms with Gasteiger partial charge in [-0.15, -0.1) is 0 Å². The summed E-state index contributed by atoms with van der Waals surface area (Å²) in [4.78, 5) is 23.6. The largest absolute Gasteiger partial charge is 0.478 e. The quantitative estimate of drug-likeness (QED) is 0.803. The highest BCUT2D eigenvalue weighted by molar-refractivity contribution is 5.88. The Labute approximate surface area is 97.7 Å². The molecule has 1 N–H and O–H groups in total. The molecule has 5 heteroatoms. The van der Waals surface area contributed by atoms with Crippen molar-refractivity contribution in [2.45, 2.75) is 19.9 Å². The molecule has 0 fully saturated rings. The summed E-state index contributed by atoms with van der Waals surface area (Å²) in [7, 11) is 0. The van der Waals surface area contributed by atoms with Crippen molar-refractivity contribution < 1.29 is 19.1 Å². The molecule has 90 valence electrons. The predicted molar refractivity (Wildman–Crippen MR) is 58.2 cm³/mol. The maximum Gasteiger partial charge on any atom is 0.338 e. The molecule has 2 rings (SSSR count). The summed E-state index contributed by atoms with van der Waals surface area (Å²) < 4.78 is 13.4. The SMILES string of the molecule is CC(=O)N1CCc2cc(F)c(C(=O)O)cc2C1. The van der Waals surface area contributed by atoms with Crippen molar-refractivity contribution in [1.29, 1.82) is 0 Å². The van der Waals surface area contributed by atoms with Gasteiger partial charge in [-0.25, -0.2) is 9.18 Å². The van der Waals surface area contributed by atoms with Crippen molar-refractivity contribution in [3.63, 3.8) is 0 Å². The lowest BCUT2D eigenvalue weighted by Crippen LogP contribution is -2.34. The van der Waals surface area contributed by atoms with Gasteiger partial charge >= 0.3 is 5.97 Å². The second-order valence-corrected chi connectivity index (χ2v) is 4.10. The van der Waals surface area contributed by atoms with Crippen molar-refractivity contribution in [2.24, 2.45) is 0 Å². The third-order valence-corrected chi connectivity index (χ3v) is 2.98. The molecule has 0 aromatic heterocycles. The number of rotatable bonds is 1. The summed E-state index contributed by atoms with van der Waals surface area (Å²) in [6.07, 6.45) is 0.561. The molecule has 17 heavy (non-hydrogen) atoms. The number of carbonyl (C=O) groups is 2. The molecule has 1 aromatic carbocycles. The van der Waals surface area contributed by atoms with Crippen LogP contribution in [0.3, 0.4) is 0 Å². The van der Waals surface area contributed by atoms with Gasteiger partial charge in [-0.1, -0.05) is 0 Å². The molecule has 1 amide bonds. The van der Waals surface area contributed by atoms with Crippen LogP contribution >= 0.6 is 0 Å². The topological polar surface area (TPSA) is 57.6 Å². The van der Waals surface area contributed by atoms with Crippen LogP contribution in [0.5, 0.6) is 0 Å². The molecule has 0 unspecified atom stereocenters. The Morgan fingerprint density at radius 3 is 2.65 bits per heavy atom. The highest BCUT2D eigenvalue weighted by Gasteiger charge is 2.21. The molecule has 0 spiro atoms. The van der Waals surface area contributed by atoms with Crippen molar-refractivity contribution in [1.82, 2.24) is 4.90 Å². The number of amides is 1. The molecular formula is C12H12FNO3. The number of carboxylic acids is 1. The smallest absolute Gasteiger partial charge is 0.338 e. The summed E-state index contributed by atoms with van der Waals surface area (Å²) in [5, 5.41) is 8.82. The summed E-state index contributed by atoms with van der Waals surface area (Å²) >= 11 is 0. The van der Waals surface area contributed by atoms with Crippen LogP contribution in [-0.4, -0.2) is 28.4 Å². The van der Waals surface area contributed by atoms with E-state index in [1.54, 1.807) is 4.90 Å². The summed E-state index contributed by atoms with van der Waals surface area (Å²) in [6, 6.07) is 2.58. The van der Waals surface area contributed by atoms with Crippen LogP contribution in [0.4, 0.5) is 4.39 Å². The van der Waals surface area contributed by atoms with E-state index in [1.807, 2.05) is 0 Å². The van der Waals surface area contributed by atoms with E-state index in [2.05, 4.69) is 0 Å². The Bertz CT molecular complexity index is 499. The third-order valence-electron chi connectivity index (χ3n) is 2.98. The van der Waals surface area contributed by atoms with E-state index in [-0.39, 0.29) is 11.5 Å². The van der Waals surface area contributed by atoms with Gasteiger partial charge < -0.3 is 10.0 Å². The van der Waals surface area contributed by atoms with Crippen LogP contribution in [0.15, 0.2) is 12.1 Å². The van der Waals surface area contributed by atoms with Crippen LogP contribution in [0, 0.1) is 5.82 Å². The van der Waals surface area contributed by atoms with Gasteiger partial charge in [0.15, 0.2) is 0 Å². The van der Waals surface area contributed by atoms with E-state index in [4.69, 9.17) is 5.11 Å². The predicted octanol–water partition coefficient (Wildman–Crippen LogP) is 1.43. The summed E-state index contributed by atoms with van der Waals surface area (Å²) in [5.41, 5.74) is 1.16. The average Bonchev–Trinajstić information content (AvgIpc) is 2.27. The second-order valence-electron chi connectivity index (χ2n) is 4.10. The van der Waals surface area contributed by atoms with Gasteiger partial charge in [0.1, 0.15) is 5.82 Å². The maximum atomic E-state index is 13.4. The number of hydrogen-bond donors (Lipinski definition) is 1. The van der Waals surface area contributed by atoms with Crippen LogP contribution in [-0.2, 0) is 17.8 Å². The average molecular weight is 237 g/mol. The van der Waals surface area contributed by atoms with E-state index < -0.39 is 11.8 Å². The first-order valence-electron chi connectivity index (χ1n) is 5.29. The van der Waals surface area contributed by atoms with E-state index in [0.717, 1.165) is 5.56 Å². The zero-order valence-electron chi connectivity index (χ0n) is 9.36. The number of benzene rings is 1. The summed E-state index contributed by atoms with van der Waals surface area (Å²) in [6.45, 7) is 2.37. The zero-order valence-corrected chi connectivity index (χ0v) is 9.36. The van der Waals surface area contributed by atoms with Crippen LogP contribution in [0.2, 0.25) is 0 Å². The molecule has 0 atom stereocenters. The fourth-order valence-corrected chi connectivity index (χ4v) is 2.01. The van der Waals surface area contributed by atoms with E-state index >= 15 is 0 Å². The Hall–Kier alpha value is -1.91. The minimum Gasteiger partial charge on any atom is -0.478 e. The minimum absolute atomic E-state index is 0.0585.